The van der Waals surface area contributed by atoms with Crippen molar-refractivity contribution in [2.45, 2.75) is 51.9 Å². The van der Waals surface area contributed by atoms with Gasteiger partial charge in [-0.05, 0) is 25.7 Å². The molecule has 0 aromatic rings. The average Bonchev–Trinajstić information content (AvgIpc) is 2.19. The number of hydrogen-bond donors (Lipinski definition) is 1. The smallest absolute Gasteiger partial charge is 0.0799 e. The van der Waals surface area contributed by atoms with Crippen LogP contribution in [0.4, 0.5) is 0 Å². The van der Waals surface area contributed by atoms with E-state index >= 15 is 0 Å². The highest BCUT2D eigenvalue weighted by molar-refractivity contribution is 4.65. The van der Waals surface area contributed by atoms with Crippen LogP contribution in [0.5, 0.6) is 0 Å². The van der Waals surface area contributed by atoms with Crippen molar-refractivity contribution in [3.8, 4) is 0 Å². The van der Waals surface area contributed by atoms with Gasteiger partial charge in [-0.2, -0.15) is 0 Å². The van der Waals surface area contributed by atoms with Crippen molar-refractivity contribution in [3.05, 3.63) is 0 Å². The van der Waals surface area contributed by atoms with Crippen LogP contribution in [0.3, 0.4) is 0 Å². The van der Waals surface area contributed by atoms with E-state index in [0.717, 1.165) is 11.8 Å². The number of piperidine rings is 1. The minimum Gasteiger partial charge on any atom is -0.334 e. The molecule has 2 atom stereocenters. The van der Waals surface area contributed by atoms with Gasteiger partial charge in [0.1, 0.15) is 0 Å². The van der Waals surface area contributed by atoms with E-state index in [1.165, 1.54) is 64.6 Å². The first kappa shape index (κ1) is 10.5. The molecule has 0 radical (unpaired) electrons. The van der Waals surface area contributed by atoms with E-state index in [-0.39, 0.29) is 0 Å². The van der Waals surface area contributed by atoms with E-state index in [9.17, 15) is 0 Å². The predicted molar refractivity (Wildman–Crippen MR) is 60.5 cm³/mol. The van der Waals surface area contributed by atoms with Crippen LogP contribution in [0.1, 0.15) is 51.9 Å². The van der Waals surface area contributed by atoms with E-state index < -0.39 is 0 Å². The number of quaternary nitrogens is 1. The summed E-state index contributed by atoms with van der Waals surface area (Å²) in [5.41, 5.74) is 0. The Kier molecular flexibility index (Phi) is 3.86. The first-order valence-corrected chi connectivity index (χ1v) is 6.68. The zero-order chi connectivity index (χ0) is 9.80. The van der Waals surface area contributed by atoms with Crippen molar-refractivity contribution in [1.82, 2.24) is 0 Å². The SMILES string of the molecule is CC1CCC[NH+](CC2CCCCC2)C1. The van der Waals surface area contributed by atoms with Crippen molar-refractivity contribution in [2.75, 3.05) is 19.6 Å². The molecule has 2 unspecified atom stereocenters. The van der Waals surface area contributed by atoms with Gasteiger partial charge >= 0.3 is 0 Å². The molecule has 1 saturated carbocycles. The first-order valence-electron chi connectivity index (χ1n) is 6.68. The minimum atomic E-state index is 0.988. The van der Waals surface area contributed by atoms with Crippen LogP contribution in [0.2, 0.25) is 0 Å². The number of hydrogen-bond acceptors (Lipinski definition) is 0. The summed E-state index contributed by atoms with van der Waals surface area (Å²) in [5.74, 6) is 2.06. The summed E-state index contributed by atoms with van der Waals surface area (Å²) in [5, 5.41) is 0. The van der Waals surface area contributed by atoms with Gasteiger partial charge in [0, 0.05) is 11.8 Å². The molecule has 0 aromatic carbocycles. The van der Waals surface area contributed by atoms with Crippen LogP contribution in [0.25, 0.3) is 0 Å². The lowest BCUT2D eigenvalue weighted by atomic mass is 9.88. The van der Waals surface area contributed by atoms with Gasteiger partial charge in [0.25, 0.3) is 0 Å². The molecule has 2 fully saturated rings. The van der Waals surface area contributed by atoms with Gasteiger partial charge in [0.2, 0.25) is 0 Å². The van der Waals surface area contributed by atoms with Gasteiger partial charge < -0.3 is 4.90 Å². The summed E-state index contributed by atoms with van der Waals surface area (Å²) in [7, 11) is 0. The lowest BCUT2D eigenvalue weighted by Crippen LogP contribution is -3.14. The summed E-state index contributed by atoms with van der Waals surface area (Å²) < 4.78 is 0. The van der Waals surface area contributed by atoms with E-state index in [0.29, 0.717) is 0 Å². The molecule has 0 aromatic heterocycles. The second kappa shape index (κ2) is 5.16. The summed E-state index contributed by atoms with van der Waals surface area (Å²) in [6.07, 6.45) is 10.5. The molecule has 1 saturated heterocycles. The van der Waals surface area contributed by atoms with Crippen LogP contribution >= 0.6 is 0 Å². The summed E-state index contributed by atoms with van der Waals surface area (Å²) in [6, 6.07) is 0. The number of nitrogens with one attached hydrogen (secondary N) is 1. The fraction of sp³-hybridized carbons (Fsp3) is 1.00. The molecule has 1 heterocycles. The molecule has 1 N–H and O–H groups in total. The maximum Gasteiger partial charge on any atom is 0.0799 e. The Hall–Kier alpha value is -0.0400. The first-order chi connectivity index (χ1) is 6.84. The molecule has 0 amide bonds. The molecule has 0 spiro atoms. The zero-order valence-electron chi connectivity index (χ0n) is 9.73. The van der Waals surface area contributed by atoms with E-state index in [4.69, 9.17) is 0 Å². The van der Waals surface area contributed by atoms with Crippen molar-refractivity contribution >= 4 is 0 Å². The second-order valence-electron chi connectivity index (χ2n) is 5.66. The Labute approximate surface area is 88.9 Å². The minimum absolute atomic E-state index is 0.988. The molecule has 1 heteroatoms. The molecule has 2 rings (SSSR count). The molecule has 2 aliphatic rings. The van der Waals surface area contributed by atoms with Gasteiger partial charge in [0.15, 0.2) is 0 Å². The molecule has 1 aliphatic heterocycles. The molecule has 14 heavy (non-hydrogen) atoms. The highest BCUT2D eigenvalue weighted by Crippen LogP contribution is 2.22. The van der Waals surface area contributed by atoms with Crippen molar-refractivity contribution in [2.24, 2.45) is 11.8 Å². The molecule has 0 bridgehead atoms. The summed E-state index contributed by atoms with van der Waals surface area (Å²) in [4.78, 5) is 1.91. The molecular formula is C13H26N+. The van der Waals surface area contributed by atoms with E-state index in [2.05, 4.69) is 6.92 Å². The Bertz CT molecular complexity index is 161. The predicted octanol–water partition coefficient (Wildman–Crippen LogP) is 1.88. The fourth-order valence-corrected chi connectivity index (χ4v) is 3.38. The van der Waals surface area contributed by atoms with Crippen molar-refractivity contribution < 1.29 is 4.90 Å². The van der Waals surface area contributed by atoms with Crippen LogP contribution in [0, 0.1) is 11.8 Å². The second-order valence-corrected chi connectivity index (χ2v) is 5.66. The Morgan fingerprint density at radius 2 is 1.79 bits per heavy atom. The maximum atomic E-state index is 2.43. The summed E-state index contributed by atoms with van der Waals surface area (Å²) in [6.45, 7) is 6.84. The van der Waals surface area contributed by atoms with Gasteiger partial charge in [-0.3, -0.25) is 0 Å². The van der Waals surface area contributed by atoms with E-state index in [1.54, 1.807) is 0 Å². The van der Waals surface area contributed by atoms with Crippen LogP contribution in [-0.2, 0) is 0 Å². The third-order valence-corrected chi connectivity index (χ3v) is 4.17. The van der Waals surface area contributed by atoms with Crippen LogP contribution < -0.4 is 4.90 Å². The number of likely N-dealkylation sites (tertiary alicyclic amines) is 1. The lowest BCUT2D eigenvalue weighted by Gasteiger charge is -2.32. The van der Waals surface area contributed by atoms with Gasteiger partial charge in [0.05, 0.1) is 19.6 Å². The molecule has 1 aliphatic carbocycles. The Morgan fingerprint density at radius 3 is 2.50 bits per heavy atom. The highest BCUT2D eigenvalue weighted by atomic mass is 15.1. The normalized spacial score (nSPS) is 35.8. The van der Waals surface area contributed by atoms with Crippen molar-refractivity contribution in [3.63, 3.8) is 0 Å². The molecular weight excluding hydrogens is 170 g/mol. The standard InChI is InChI=1S/C13H25N/c1-12-6-5-9-14(10-12)11-13-7-3-2-4-8-13/h12-13H,2-11H2,1H3/p+1. The Balaban J connectivity index is 1.72. The van der Waals surface area contributed by atoms with Gasteiger partial charge in [-0.15, -0.1) is 0 Å². The number of rotatable bonds is 2. The quantitative estimate of drug-likeness (QED) is 0.688. The third-order valence-electron chi connectivity index (χ3n) is 4.17. The molecule has 82 valence electrons. The topological polar surface area (TPSA) is 4.44 Å². The lowest BCUT2D eigenvalue weighted by molar-refractivity contribution is -0.912. The Morgan fingerprint density at radius 1 is 1.00 bits per heavy atom. The zero-order valence-corrected chi connectivity index (χ0v) is 9.73. The third kappa shape index (κ3) is 2.98. The van der Waals surface area contributed by atoms with E-state index in [1.807, 2.05) is 4.90 Å². The van der Waals surface area contributed by atoms with Gasteiger partial charge in [-0.1, -0.05) is 26.2 Å². The molecule has 1 nitrogen and oxygen atoms in total. The average molecular weight is 196 g/mol. The summed E-state index contributed by atoms with van der Waals surface area (Å²) >= 11 is 0. The highest BCUT2D eigenvalue weighted by Gasteiger charge is 2.23. The largest absolute Gasteiger partial charge is 0.334 e. The van der Waals surface area contributed by atoms with Crippen LogP contribution in [-0.4, -0.2) is 19.6 Å². The maximum absolute atomic E-state index is 2.43. The fourth-order valence-electron chi connectivity index (χ4n) is 3.38. The van der Waals surface area contributed by atoms with Crippen molar-refractivity contribution in [1.29, 1.82) is 0 Å². The monoisotopic (exact) mass is 196 g/mol. The van der Waals surface area contributed by atoms with Crippen LogP contribution in [0.15, 0.2) is 0 Å². The van der Waals surface area contributed by atoms with Gasteiger partial charge in [-0.25, -0.2) is 0 Å².